The predicted octanol–water partition coefficient (Wildman–Crippen LogP) is 4.76. The highest BCUT2D eigenvalue weighted by molar-refractivity contribution is 7.08. The van der Waals surface area contributed by atoms with Crippen molar-refractivity contribution in [1.82, 2.24) is 9.80 Å². The van der Waals surface area contributed by atoms with Crippen molar-refractivity contribution in [2.75, 3.05) is 33.8 Å². The smallest absolute Gasteiger partial charge is 0.227 e. The number of unbranched alkanes of at least 4 members (excludes halogenated alkanes) is 3. The summed E-state index contributed by atoms with van der Waals surface area (Å²) in [6.45, 7) is 6.78. The number of rotatable bonds is 13. The first-order valence-corrected chi connectivity index (χ1v) is 11.7. The number of nitrogens with zero attached hydrogens (tertiary/aromatic N) is 2. The van der Waals surface area contributed by atoms with E-state index in [0.29, 0.717) is 18.6 Å². The predicted molar refractivity (Wildman–Crippen MR) is 119 cm³/mol. The molecule has 0 radical (unpaired) electrons. The van der Waals surface area contributed by atoms with Gasteiger partial charge in [0.15, 0.2) is 0 Å². The highest BCUT2D eigenvalue weighted by Gasteiger charge is 2.26. The van der Waals surface area contributed by atoms with Crippen LogP contribution in [-0.2, 0) is 16.0 Å². The average Bonchev–Trinajstić information content (AvgIpc) is 3.20. The van der Waals surface area contributed by atoms with Crippen molar-refractivity contribution in [1.29, 1.82) is 0 Å². The van der Waals surface area contributed by atoms with Crippen LogP contribution in [0.15, 0.2) is 29.5 Å². The second kappa shape index (κ2) is 13.1. The molecule has 1 heterocycles. The summed E-state index contributed by atoms with van der Waals surface area (Å²) < 4.78 is 6.10. The fourth-order valence-electron chi connectivity index (χ4n) is 3.89. The van der Waals surface area contributed by atoms with Crippen LogP contribution in [0.2, 0.25) is 0 Å². The number of hydrogen-bond acceptors (Lipinski definition) is 4. The second-order valence-electron chi connectivity index (χ2n) is 8.08. The summed E-state index contributed by atoms with van der Waals surface area (Å²) in [6, 6.07) is 2.42. The molecule has 0 saturated heterocycles. The van der Waals surface area contributed by atoms with Crippen molar-refractivity contribution in [3.8, 4) is 0 Å². The van der Waals surface area contributed by atoms with Gasteiger partial charge < -0.3 is 14.5 Å². The summed E-state index contributed by atoms with van der Waals surface area (Å²) in [4.78, 5) is 16.7. The molecule has 1 aromatic heterocycles. The van der Waals surface area contributed by atoms with Gasteiger partial charge in [0.1, 0.15) is 0 Å². The Balaban J connectivity index is 1.51. The summed E-state index contributed by atoms with van der Waals surface area (Å²) in [6.07, 6.45) is 12.1. The lowest BCUT2D eigenvalue weighted by atomic mass is 9.91. The van der Waals surface area contributed by atoms with Crippen LogP contribution >= 0.6 is 11.3 Å². The zero-order valence-electron chi connectivity index (χ0n) is 17.8. The minimum Gasteiger partial charge on any atom is -0.378 e. The van der Waals surface area contributed by atoms with E-state index in [9.17, 15) is 4.79 Å². The fraction of sp³-hybridized carbons (Fsp3) is 0.696. The molecule has 1 aliphatic rings. The van der Waals surface area contributed by atoms with Gasteiger partial charge in [-0.25, -0.2) is 0 Å². The Labute approximate surface area is 175 Å². The van der Waals surface area contributed by atoms with E-state index >= 15 is 0 Å². The first-order chi connectivity index (χ1) is 13.6. The van der Waals surface area contributed by atoms with Crippen molar-refractivity contribution < 1.29 is 9.53 Å². The van der Waals surface area contributed by atoms with E-state index in [1.165, 1.54) is 19.3 Å². The quantitative estimate of drug-likeness (QED) is 0.350. The Hall–Kier alpha value is -1.17. The van der Waals surface area contributed by atoms with Crippen molar-refractivity contribution in [3.05, 3.63) is 35.0 Å². The van der Waals surface area contributed by atoms with Crippen LogP contribution in [0.4, 0.5) is 0 Å². The number of carbonyl (C=O) groups excluding carboxylic acids is 1. The van der Waals surface area contributed by atoms with E-state index in [0.717, 1.165) is 57.4 Å². The monoisotopic (exact) mass is 406 g/mol. The molecule has 0 N–H and O–H groups in total. The highest BCUT2D eigenvalue weighted by Crippen LogP contribution is 2.25. The molecule has 1 amide bonds. The molecule has 28 heavy (non-hydrogen) atoms. The Kier molecular flexibility index (Phi) is 10.8. The molecule has 0 aliphatic heterocycles. The molecule has 1 aliphatic carbocycles. The number of ether oxygens (including phenoxy) is 1. The molecular weight excluding hydrogens is 368 g/mol. The number of carbonyl (C=O) groups is 1. The van der Waals surface area contributed by atoms with Crippen LogP contribution in [0.3, 0.4) is 0 Å². The van der Waals surface area contributed by atoms with Gasteiger partial charge in [-0.2, -0.15) is 11.3 Å². The van der Waals surface area contributed by atoms with Gasteiger partial charge in [0.05, 0.1) is 12.5 Å². The third-order valence-corrected chi connectivity index (χ3v) is 6.48. The molecule has 4 nitrogen and oxygen atoms in total. The van der Waals surface area contributed by atoms with Crippen LogP contribution in [0, 0.1) is 0 Å². The van der Waals surface area contributed by atoms with E-state index in [-0.39, 0.29) is 5.91 Å². The molecule has 1 saturated carbocycles. The normalized spacial score (nSPS) is 19.7. The zero-order valence-corrected chi connectivity index (χ0v) is 18.6. The molecule has 1 aromatic rings. The number of thiophene rings is 1. The number of amides is 1. The van der Waals surface area contributed by atoms with E-state index < -0.39 is 0 Å². The fourth-order valence-corrected chi connectivity index (χ4v) is 4.56. The third-order valence-electron chi connectivity index (χ3n) is 5.75. The van der Waals surface area contributed by atoms with Crippen LogP contribution < -0.4 is 0 Å². The number of likely N-dealkylation sites (N-methyl/N-ethyl adjacent to an activating group) is 2. The average molecular weight is 407 g/mol. The molecule has 0 bridgehead atoms. The van der Waals surface area contributed by atoms with Gasteiger partial charge in [0.2, 0.25) is 5.91 Å². The van der Waals surface area contributed by atoms with E-state index in [1.54, 1.807) is 11.3 Å². The molecule has 2 rings (SSSR count). The maximum Gasteiger partial charge on any atom is 0.227 e. The summed E-state index contributed by atoms with van der Waals surface area (Å²) in [7, 11) is 4.11. The standard InChI is InChI=1S/C23H38N2O2S/c1-4-14-24(2)15-7-5-6-8-16-27-22-11-9-21(10-12-22)25(3)23(26)18-20-13-17-28-19-20/h4,13,17,19,21-22H,1,5-12,14-16,18H2,2-3H3. The minimum absolute atomic E-state index is 0.238. The molecule has 5 heteroatoms. The van der Waals surface area contributed by atoms with Crippen LogP contribution in [0.1, 0.15) is 56.9 Å². The summed E-state index contributed by atoms with van der Waals surface area (Å²) in [5, 5.41) is 4.10. The lowest BCUT2D eigenvalue weighted by Crippen LogP contribution is -2.41. The SMILES string of the molecule is C=CCN(C)CCCCCCOC1CCC(N(C)C(=O)Cc2ccsc2)CC1. The molecule has 0 aromatic carbocycles. The van der Waals surface area contributed by atoms with E-state index in [4.69, 9.17) is 4.74 Å². The van der Waals surface area contributed by atoms with Gasteiger partial charge in [-0.3, -0.25) is 4.79 Å². The highest BCUT2D eigenvalue weighted by atomic mass is 32.1. The lowest BCUT2D eigenvalue weighted by Gasteiger charge is -2.34. The Morgan fingerprint density at radius 1 is 1.21 bits per heavy atom. The molecule has 0 atom stereocenters. The van der Waals surface area contributed by atoms with Gasteiger partial charge >= 0.3 is 0 Å². The maximum atomic E-state index is 12.5. The largest absolute Gasteiger partial charge is 0.378 e. The Bertz CT molecular complexity index is 553. The van der Waals surface area contributed by atoms with E-state index in [2.05, 4.69) is 23.9 Å². The van der Waals surface area contributed by atoms with E-state index in [1.807, 2.05) is 29.5 Å². The topological polar surface area (TPSA) is 32.8 Å². The van der Waals surface area contributed by atoms with Crippen LogP contribution in [0.5, 0.6) is 0 Å². The Morgan fingerprint density at radius 3 is 2.64 bits per heavy atom. The molecule has 0 unspecified atom stereocenters. The van der Waals surface area contributed by atoms with Gasteiger partial charge in [-0.05, 0) is 74.5 Å². The summed E-state index contributed by atoms with van der Waals surface area (Å²) in [5.74, 6) is 0.238. The van der Waals surface area contributed by atoms with Crippen molar-refractivity contribution >= 4 is 17.2 Å². The van der Waals surface area contributed by atoms with Gasteiger partial charge in [0.25, 0.3) is 0 Å². The Morgan fingerprint density at radius 2 is 1.96 bits per heavy atom. The zero-order chi connectivity index (χ0) is 20.2. The van der Waals surface area contributed by atoms with Crippen LogP contribution in [-0.4, -0.2) is 61.6 Å². The van der Waals surface area contributed by atoms with Crippen molar-refractivity contribution in [3.63, 3.8) is 0 Å². The lowest BCUT2D eigenvalue weighted by molar-refractivity contribution is -0.132. The van der Waals surface area contributed by atoms with Crippen molar-refractivity contribution in [2.45, 2.75) is 69.9 Å². The maximum absolute atomic E-state index is 12.5. The first-order valence-electron chi connectivity index (χ1n) is 10.8. The van der Waals surface area contributed by atoms with Gasteiger partial charge in [-0.1, -0.05) is 18.9 Å². The second-order valence-corrected chi connectivity index (χ2v) is 8.86. The van der Waals surface area contributed by atoms with Gasteiger partial charge in [-0.15, -0.1) is 6.58 Å². The number of hydrogen-bond donors (Lipinski definition) is 0. The third kappa shape index (κ3) is 8.46. The molecule has 158 valence electrons. The first kappa shape index (κ1) is 23.1. The molecular formula is C23H38N2O2S. The van der Waals surface area contributed by atoms with Crippen LogP contribution in [0.25, 0.3) is 0 Å². The molecule has 1 fully saturated rings. The molecule has 0 spiro atoms. The van der Waals surface area contributed by atoms with Gasteiger partial charge in [0, 0.05) is 26.2 Å². The summed E-state index contributed by atoms with van der Waals surface area (Å²) in [5.41, 5.74) is 1.13. The van der Waals surface area contributed by atoms with Crippen molar-refractivity contribution in [2.24, 2.45) is 0 Å². The minimum atomic E-state index is 0.238. The summed E-state index contributed by atoms with van der Waals surface area (Å²) >= 11 is 1.65.